The number of carbonyl (C=O) groups is 2. The van der Waals surface area contributed by atoms with Gasteiger partial charge in [-0.25, -0.2) is 9.59 Å². The smallest absolute Gasteiger partial charge is 0.343 e. The average Bonchev–Trinajstić information content (AvgIpc) is 3.18. The van der Waals surface area contributed by atoms with Crippen molar-refractivity contribution in [3.63, 3.8) is 0 Å². The molecule has 0 bridgehead atoms. The maximum atomic E-state index is 13.7. The highest BCUT2D eigenvalue weighted by atomic mass is 16.5. The molecular formula is C48H38O4. The molecule has 0 aliphatic heterocycles. The van der Waals surface area contributed by atoms with Crippen LogP contribution in [-0.4, -0.2) is 11.9 Å². The largest absolute Gasteiger partial charge is 0.422 e. The highest BCUT2D eigenvalue weighted by Gasteiger charge is 2.25. The van der Waals surface area contributed by atoms with Crippen molar-refractivity contribution in [2.45, 2.75) is 40.5 Å². The molecule has 0 saturated heterocycles. The molecule has 0 aromatic heterocycles. The highest BCUT2D eigenvalue weighted by Crippen LogP contribution is 2.50. The molecule has 0 saturated carbocycles. The Morgan fingerprint density at radius 3 is 1.13 bits per heavy atom. The highest BCUT2D eigenvalue weighted by molar-refractivity contribution is 6.27. The summed E-state index contributed by atoms with van der Waals surface area (Å²) in [6.07, 6.45) is 1.69. The standard InChI is InChI=1S/C48H38O4/c1-5-31-19-25-39-41(27-31)43(35-11-7-9-13-37(35)45(39)51-47(49)33-21-15-29(3)16-22-33)44-36-12-8-10-14-38(36)46(40-26-20-32(6-2)28-42(40)44)52-48(50)34-23-17-30(4)18-24-34/h7-28H,5-6H2,1-4H3. The minimum absolute atomic E-state index is 0.401. The summed E-state index contributed by atoms with van der Waals surface area (Å²) in [5, 5.41) is 7.29. The number of hydrogen-bond donors (Lipinski definition) is 0. The van der Waals surface area contributed by atoms with Crippen LogP contribution in [0.4, 0.5) is 0 Å². The average molecular weight is 679 g/mol. The Morgan fingerprint density at radius 1 is 0.423 bits per heavy atom. The number of benzene rings is 8. The zero-order chi connectivity index (χ0) is 35.9. The fourth-order valence-electron chi connectivity index (χ4n) is 7.25. The summed E-state index contributed by atoms with van der Waals surface area (Å²) in [4.78, 5) is 27.4. The summed E-state index contributed by atoms with van der Waals surface area (Å²) in [5.74, 6) is 0.271. The lowest BCUT2D eigenvalue weighted by Gasteiger charge is -2.22. The minimum Gasteiger partial charge on any atom is -0.422 e. The second-order valence-corrected chi connectivity index (χ2v) is 13.5. The van der Waals surface area contributed by atoms with E-state index in [0.29, 0.717) is 22.6 Å². The van der Waals surface area contributed by atoms with E-state index in [9.17, 15) is 9.59 Å². The van der Waals surface area contributed by atoms with E-state index >= 15 is 0 Å². The predicted octanol–water partition coefficient (Wildman–Crippen LogP) is 12.1. The molecule has 0 N–H and O–H groups in total. The van der Waals surface area contributed by atoms with E-state index in [1.165, 1.54) is 11.1 Å². The van der Waals surface area contributed by atoms with Gasteiger partial charge in [-0.1, -0.05) is 134 Å². The molecule has 0 fully saturated rings. The van der Waals surface area contributed by atoms with Gasteiger partial charge in [0.2, 0.25) is 0 Å². The summed E-state index contributed by atoms with van der Waals surface area (Å²) >= 11 is 0. The minimum atomic E-state index is -0.401. The first-order chi connectivity index (χ1) is 25.3. The Bertz CT molecular complexity index is 2500. The molecule has 0 spiro atoms. The van der Waals surface area contributed by atoms with Gasteiger partial charge in [-0.2, -0.15) is 0 Å². The number of ether oxygens (including phenoxy) is 2. The van der Waals surface area contributed by atoms with E-state index in [1.807, 2.05) is 98.8 Å². The molecule has 254 valence electrons. The first-order valence-electron chi connectivity index (χ1n) is 17.9. The lowest BCUT2D eigenvalue weighted by molar-refractivity contribution is 0.0730. The van der Waals surface area contributed by atoms with Gasteiger partial charge in [-0.15, -0.1) is 0 Å². The van der Waals surface area contributed by atoms with Crippen LogP contribution in [0.5, 0.6) is 11.5 Å². The molecule has 4 nitrogen and oxygen atoms in total. The first kappa shape index (κ1) is 32.9. The quantitative estimate of drug-likeness (QED) is 0.0956. The number of hydrogen-bond acceptors (Lipinski definition) is 4. The maximum absolute atomic E-state index is 13.7. The molecular weight excluding hydrogens is 641 g/mol. The third kappa shape index (κ3) is 5.76. The summed E-state index contributed by atoms with van der Waals surface area (Å²) in [5.41, 5.74) is 7.58. The van der Waals surface area contributed by atoms with Crippen LogP contribution in [-0.2, 0) is 12.8 Å². The summed E-state index contributed by atoms with van der Waals surface area (Å²) < 4.78 is 12.7. The third-order valence-corrected chi connectivity index (χ3v) is 10.1. The van der Waals surface area contributed by atoms with Crippen LogP contribution in [0.1, 0.15) is 56.8 Å². The van der Waals surface area contributed by atoms with Crippen LogP contribution < -0.4 is 9.47 Å². The van der Waals surface area contributed by atoms with E-state index in [2.05, 4.69) is 62.4 Å². The summed E-state index contributed by atoms with van der Waals surface area (Å²) in [7, 11) is 0. The molecule has 8 aromatic rings. The van der Waals surface area contributed by atoms with Crippen molar-refractivity contribution in [2.24, 2.45) is 0 Å². The van der Waals surface area contributed by atoms with Crippen molar-refractivity contribution in [1.29, 1.82) is 0 Å². The second kappa shape index (κ2) is 13.5. The van der Waals surface area contributed by atoms with E-state index in [1.54, 1.807) is 0 Å². The molecule has 0 aliphatic rings. The number of carbonyl (C=O) groups excluding carboxylic acids is 2. The van der Waals surface area contributed by atoms with E-state index < -0.39 is 11.9 Å². The van der Waals surface area contributed by atoms with Crippen LogP contribution in [0.3, 0.4) is 0 Å². The first-order valence-corrected chi connectivity index (χ1v) is 17.9. The number of fused-ring (bicyclic) bond motifs is 4. The summed E-state index contributed by atoms with van der Waals surface area (Å²) in [6, 6.07) is 44.1. The molecule has 0 aliphatic carbocycles. The van der Waals surface area contributed by atoms with Crippen molar-refractivity contribution < 1.29 is 19.1 Å². The molecule has 0 unspecified atom stereocenters. The number of aryl methyl sites for hydroxylation is 4. The maximum Gasteiger partial charge on any atom is 0.343 e. The zero-order valence-electron chi connectivity index (χ0n) is 29.7. The lowest BCUT2D eigenvalue weighted by Crippen LogP contribution is -2.10. The van der Waals surface area contributed by atoms with Crippen molar-refractivity contribution in [1.82, 2.24) is 0 Å². The van der Waals surface area contributed by atoms with Gasteiger partial charge in [0.05, 0.1) is 11.1 Å². The number of rotatable bonds is 7. The zero-order valence-corrected chi connectivity index (χ0v) is 29.7. The number of esters is 2. The molecule has 0 amide bonds. The van der Waals surface area contributed by atoms with E-state index in [4.69, 9.17) is 9.47 Å². The third-order valence-electron chi connectivity index (χ3n) is 10.1. The van der Waals surface area contributed by atoms with Gasteiger partial charge >= 0.3 is 11.9 Å². The molecule has 4 heteroatoms. The normalized spacial score (nSPS) is 11.4. The van der Waals surface area contributed by atoms with Crippen LogP contribution >= 0.6 is 0 Å². The Balaban J connectivity index is 1.45. The van der Waals surface area contributed by atoms with Crippen LogP contribution in [0, 0.1) is 13.8 Å². The van der Waals surface area contributed by atoms with Gasteiger partial charge in [-0.3, -0.25) is 0 Å². The molecule has 8 rings (SSSR count). The SMILES string of the molecule is CCc1ccc2c(OC(=O)c3ccc(C)cc3)c3ccccc3c(-c3c4ccccc4c(OC(=O)c4ccc(C)cc4)c4ccc(CC)cc34)c2c1. The Labute approximate surface area is 303 Å². The van der Waals surface area contributed by atoms with Gasteiger partial charge in [0.25, 0.3) is 0 Å². The fourth-order valence-corrected chi connectivity index (χ4v) is 7.25. The molecule has 0 radical (unpaired) electrons. The van der Waals surface area contributed by atoms with Gasteiger partial charge in [0, 0.05) is 21.5 Å². The fraction of sp³-hybridized carbons (Fsp3) is 0.125. The van der Waals surface area contributed by atoms with Crippen LogP contribution in [0.2, 0.25) is 0 Å². The summed E-state index contributed by atoms with van der Waals surface area (Å²) in [6.45, 7) is 8.29. The Hall–Kier alpha value is -6.26. The predicted molar refractivity (Wildman–Crippen MR) is 213 cm³/mol. The van der Waals surface area contributed by atoms with E-state index in [0.717, 1.165) is 78.2 Å². The topological polar surface area (TPSA) is 52.6 Å². The Morgan fingerprint density at radius 2 is 0.769 bits per heavy atom. The van der Waals surface area contributed by atoms with Gasteiger partial charge < -0.3 is 9.47 Å². The van der Waals surface area contributed by atoms with Crippen molar-refractivity contribution in [3.05, 3.63) is 167 Å². The van der Waals surface area contributed by atoms with Crippen LogP contribution in [0.15, 0.2) is 133 Å². The molecule has 0 atom stereocenters. The monoisotopic (exact) mass is 678 g/mol. The van der Waals surface area contributed by atoms with Crippen molar-refractivity contribution in [3.8, 4) is 22.6 Å². The lowest BCUT2D eigenvalue weighted by atomic mass is 9.84. The van der Waals surface area contributed by atoms with Gasteiger partial charge in [0.1, 0.15) is 11.5 Å². The molecule has 52 heavy (non-hydrogen) atoms. The molecule has 8 aromatic carbocycles. The van der Waals surface area contributed by atoms with Crippen molar-refractivity contribution in [2.75, 3.05) is 0 Å². The second-order valence-electron chi connectivity index (χ2n) is 13.5. The van der Waals surface area contributed by atoms with Gasteiger partial charge in [-0.05, 0) is 94.8 Å². The van der Waals surface area contributed by atoms with Crippen LogP contribution in [0.25, 0.3) is 54.2 Å². The van der Waals surface area contributed by atoms with Crippen molar-refractivity contribution >= 4 is 55.0 Å². The Kier molecular flexibility index (Phi) is 8.52. The van der Waals surface area contributed by atoms with Gasteiger partial charge in [0.15, 0.2) is 0 Å². The van der Waals surface area contributed by atoms with E-state index in [-0.39, 0.29) is 0 Å². The molecule has 0 heterocycles.